The number of hydrogen-bond donors (Lipinski definition) is 0. The summed E-state index contributed by atoms with van der Waals surface area (Å²) in [5.74, 6) is 0. The van der Waals surface area contributed by atoms with Crippen molar-refractivity contribution in [1.82, 2.24) is 0 Å². The molecule has 1 unspecified atom stereocenters. The summed E-state index contributed by atoms with van der Waals surface area (Å²) < 4.78 is 7.00. The Kier molecular flexibility index (Phi) is 3.07. The van der Waals surface area contributed by atoms with E-state index < -0.39 is 0 Å². The highest BCUT2D eigenvalue weighted by Gasteiger charge is 2.24. The predicted octanol–water partition coefficient (Wildman–Crippen LogP) is 5.23. The lowest BCUT2D eigenvalue weighted by atomic mass is 10.0. The quantitative estimate of drug-likeness (QED) is 0.697. The van der Waals surface area contributed by atoms with Crippen LogP contribution in [0.3, 0.4) is 0 Å². The van der Waals surface area contributed by atoms with Crippen LogP contribution in [-0.2, 0) is 11.2 Å². The fourth-order valence-corrected chi connectivity index (χ4v) is 4.16. The van der Waals surface area contributed by atoms with Gasteiger partial charge in [0.05, 0.1) is 22.8 Å². The Morgan fingerprint density at radius 1 is 1.35 bits per heavy atom. The van der Waals surface area contributed by atoms with Gasteiger partial charge >= 0.3 is 0 Å². The summed E-state index contributed by atoms with van der Waals surface area (Å²) in [5.41, 5.74) is 1.40. The molecule has 1 aromatic carbocycles. The zero-order valence-electron chi connectivity index (χ0n) is 9.43. The molecule has 1 aliphatic rings. The summed E-state index contributed by atoms with van der Waals surface area (Å²) in [7, 11) is 0. The molecule has 1 aromatic heterocycles. The van der Waals surface area contributed by atoms with Gasteiger partial charge in [-0.1, -0.05) is 30.1 Å². The lowest BCUT2D eigenvalue weighted by molar-refractivity contribution is 0.0433. The van der Waals surface area contributed by atoms with Gasteiger partial charge in [-0.3, -0.25) is 0 Å². The smallest absolute Gasteiger partial charge is 0.0917 e. The third-order valence-corrected chi connectivity index (χ3v) is 5.21. The second-order valence-electron chi connectivity index (χ2n) is 4.23. The minimum atomic E-state index is 0.244. The van der Waals surface area contributed by atoms with Gasteiger partial charge in [-0.15, -0.1) is 11.3 Å². The molecule has 90 valence electrons. The van der Waals surface area contributed by atoms with Gasteiger partial charge in [-0.2, -0.15) is 0 Å². The van der Waals surface area contributed by atoms with Crippen LogP contribution in [0.15, 0.2) is 12.1 Å². The zero-order valence-corrected chi connectivity index (χ0v) is 11.8. The van der Waals surface area contributed by atoms with E-state index in [9.17, 15) is 0 Å². The van der Waals surface area contributed by atoms with Gasteiger partial charge in [0.1, 0.15) is 0 Å². The lowest BCUT2D eigenvalue weighted by Crippen LogP contribution is -2.13. The second-order valence-corrected chi connectivity index (χ2v) is 6.12. The molecule has 2 aromatic rings. The molecule has 0 radical (unpaired) electrons. The summed E-state index contributed by atoms with van der Waals surface area (Å²) in [6.07, 6.45) is 2.24. The van der Waals surface area contributed by atoms with E-state index in [2.05, 4.69) is 6.92 Å². The van der Waals surface area contributed by atoms with Crippen molar-refractivity contribution < 1.29 is 4.74 Å². The monoisotopic (exact) mass is 286 g/mol. The highest BCUT2D eigenvalue weighted by atomic mass is 35.5. The maximum Gasteiger partial charge on any atom is 0.0917 e. The van der Waals surface area contributed by atoms with Crippen LogP contribution in [0.4, 0.5) is 0 Å². The Labute approximate surface area is 114 Å². The summed E-state index contributed by atoms with van der Waals surface area (Å²) >= 11 is 14.0. The first-order valence-electron chi connectivity index (χ1n) is 5.72. The number of fused-ring (bicyclic) bond motifs is 3. The van der Waals surface area contributed by atoms with Crippen molar-refractivity contribution in [1.29, 1.82) is 0 Å². The molecule has 3 rings (SSSR count). The first-order valence-corrected chi connectivity index (χ1v) is 7.30. The van der Waals surface area contributed by atoms with Crippen molar-refractivity contribution in [2.45, 2.75) is 25.9 Å². The van der Waals surface area contributed by atoms with E-state index in [1.165, 1.54) is 20.5 Å². The minimum absolute atomic E-state index is 0.244. The SMILES string of the molecule is CCC1OCCc2c1sc1cc(Cl)c(Cl)cc21. The van der Waals surface area contributed by atoms with Gasteiger partial charge in [0, 0.05) is 9.58 Å². The highest BCUT2D eigenvalue weighted by Crippen LogP contribution is 2.43. The fourth-order valence-electron chi connectivity index (χ4n) is 2.36. The van der Waals surface area contributed by atoms with Crippen LogP contribution in [-0.4, -0.2) is 6.61 Å². The van der Waals surface area contributed by atoms with E-state index in [4.69, 9.17) is 27.9 Å². The van der Waals surface area contributed by atoms with Crippen LogP contribution in [0, 0.1) is 0 Å². The van der Waals surface area contributed by atoms with Gasteiger partial charge in [-0.25, -0.2) is 0 Å². The third-order valence-electron chi connectivity index (χ3n) is 3.20. The molecule has 4 heteroatoms. The molecule has 1 aliphatic heterocycles. The molecule has 0 bridgehead atoms. The number of thiophene rings is 1. The normalized spacial score (nSPS) is 19.6. The highest BCUT2D eigenvalue weighted by molar-refractivity contribution is 7.19. The number of halogens is 2. The molecule has 2 heterocycles. The summed E-state index contributed by atoms with van der Waals surface area (Å²) in [5, 5.41) is 2.52. The number of hydrogen-bond acceptors (Lipinski definition) is 2. The molecule has 0 saturated carbocycles. The first-order chi connectivity index (χ1) is 8.20. The van der Waals surface area contributed by atoms with E-state index in [1.807, 2.05) is 12.1 Å². The third kappa shape index (κ3) is 1.88. The average molecular weight is 287 g/mol. The maximum atomic E-state index is 6.10. The van der Waals surface area contributed by atoms with Gasteiger partial charge in [-0.05, 0) is 35.9 Å². The van der Waals surface area contributed by atoms with E-state index in [0.717, 1.165) is 19.4 Å². The van der Waals surface area contributed by atoms with Crippen molar-refractivity contribution >= 4 is 44.6 Å². The van der Waals surface area contributed by atoms with Gasteiger partial charge in [0.25, 0.3) is 0 Å². The van der Waals surface area contributed by atoms with Crippen LogP contribution < -0.4 is 0 Å². The van der Waals surface area contributed by atoms with Crippen LogP contribution >= 0.6 is 34.5 Å². The zero-order chi connectivity index (χ0) is 12.0. The largest absolute Gasteiger partial charge is 0.372 e. The standard InChI is InChI=1S/C13H12Cl2OS/c1-2-11-13-7(3-4-16-11)8-5-9(14)10(15)6-12(8)17-13/h5-6,11H,2-4H2,1H3. The van der Waals surface area contributed by atoms with E-state index in [-0.39, 0.29) is 6.10 Å². The Morgan fingerprint density at radius 3 is 2.88 bits per heavy atom. The topological polar surface area (TPSA) is 9.23 Å². The molecule has 1 nitrogen and oxygen atoms in total. The van der Waals surface area contributed by atoms with Gasteiger partial charge in [0.2, 0.25) is 0 Å². The summed E-state index contributed by atoms with van der Waals surface area (Å²) in [6, 6.07) is 3.96. The average Bonchev–Trinajstić information content (AvgIpc) is 2.67. The second kappa shape index (κ2) is 4.43. The van der Waals surface area contributed by atoms with Crippen molar-refractivity contribution in [3.63, 3.8) is 0 Å². The summed E-state index contributed by atoms with van der Waals surface area (Å²) in [4.78, 5) is 1.35. The molecular formula is C13H12Cl2OS. The van der Waals surface area contributed by atoms with E-state index >= 15 is 0 Å². The molecule has 1 atom stereocenters. The molecule has 0 amide bonds. The number of ether oxygens (including phenoxy) is 1. The molecule has 0 fully saturated rings. The van der Waals surface area contributed by atoms with Crippen LogP contribution in [0.2, 0.25) is 10.0 Å². The molecule has 0 spiro atoms. The minimum Gasteiger partial charge on any atom is -0.372 e. The Hall–Kier alpha value is -0.280. The van der Waals surface area contributed by atoms with Crippen molar-refractivity contribution in [3.05, 3.63) is 32.6 Å². The van der Waals surface area contributed by atoms with Crippen LogP contribution in [0.25, 0.3) is 10.1 Å². The number of rotatable bonds is 1. The molecule has 17 heavy (non-hydrogen) atoms. The van der Waals surface area contributed by atoms with E-state index in [1.54, 1.807) is 11.3 Å². The van der Waals surface area contributed by atoms with Crippen molar-refractivity contribution in [3.8, 4) is 0 Å². The van der Waals surface area contributed by atoms with Crippen molar-refractivity contribution in [2.75, 3.05) is 6.61 Å². The molecular weight excluding hydrogens is 275 g/mol. The predicted molar refractivity (Wildman–Crippen MR) is 74.5 cm³/mol. The maximum absolute atomic E-state index is 6.10. The lowest BCUT2D eigenvalue weighted by Gasteiger charge is -2.21. The summed E-state index contributed by atoms with van der Waals surface area (Å²) in [6.45, 7) is 2.96. The number of benzene rings is 1. The van der Waals surface area contributed by atoms with Crippen molar-refractivity contribution in [2.24, 2.45) is 0 Å². The van der Waals surface area contributed by atoms with E-state index in [0.29, 0.717) is 10.0 Å². The molecule has 0 saturated heterocycles. The van der Waals surface area contributed by atoms with Crippen LogP contribution in [0.5, 0.6) is 0 Å². The first kappa shape index (κ1) is 11.8. The fraction of sp³-hybridized carbons (Fsp3) is 0.385. The molecule has 0 aliphatic carbocycles. The van der Waals surface area contributed by atoms with Crippen LogP contribution in [0.1, 0.15) is 29.9 Å². The Bertz CT molecular complexity index is 576. The molecule has 0 N–H and O–H groups in total. The Balaban J connectivity index is 2.26. The van der Waals surface area contributed by atoms with Gasteiger partial charge < -0.3 is 4.74 Å². The Morgan fingerprint density at radius 2 is 2.12 bits per heavy atom. The van der Waals surface area contributed by atoms with Gasteiger partial charge in [0.15, 0.2) is 0 Å².